The summed E-state index contributed by atoms with van der Waals surface area (Å²) in [4.78, 5) is 6.81. The van der Waals surface area contributed by atoms with Crippen LogP contribution in [0.15, 0.2) is 23.2 Å². The molecule has 160 valence electrons. The first-order chi connectivity index (χ1) is 13.0. The van der Waals surface area contributed by atoms with Gasteiger partial charge in [-0.25, -0.2) is 0 Å². The summed E-state index contributed by atoms with van der Waals surface area (Å²) in [5.41, 5.74) is 2.45. The van der Waals surface area contributed by atoms with E-state index in [1.165, 1.54) is 11.1 Å². The maximum absolute atomic E-state index is 5.90. The molecule has 0 radical (unpaired) electrons. The maximum Gasteiger partial charge on any atom is 0.191 e. The van der Waals surface area contributed by atoms with Crippen molar-refractivity contribution in [2.24, 2.45) is 10.9 Å². The Hall–Kier alpha value is -1.06. The molecule has 6 nitrogen and oxygen atoms in total. The average molecular weight is 504 g/mol. The van der Waals surface area contributed by atoms with E-state index in [-0.39, 0.29) is 30.1 Å². The maximum atomic E-state index is 5.90. The number of ether oxygens (including phenoxy) is 2. The number of methoxy groups -OCH3 is 1. The van der Waals surface area contributed by atoms with E-state index in [2.05, 4.69) is 53.4 Å². The molecule has 1 aromatic carbocycles. The molecule has 0 aromatic heterocycles. The highest BCUT2D eigenvalue weighted by Gasteiger charge is 2.21. The molecule has 0 bridgehead atoms. The van der Waals surface area contributed by atoms with Crippen molar-refractivity contribution in [3.8, 4) is 5.75 Å². The predicted molar refractivity (Wildman–Crippen MR) is 127 cm³/mol. The molecule has 1 fully saturated rings. The van der Waals surface area contributed by atoms with Gasteiger partial charge in [0, 0.05) is 39.8 Å². The molecular formula is C21H37IN4O2. The fourth-order valence-corrected chi connectivity index (χ4v) is 3.44. The number of rotatable bonds is 8. The lowest BCUT2D eigenvalue weighted by Crippen LogP contribution is -2.50. The third-order valence-corrected chi connectivity index (χ3v) is 4.69. The number of aliphatic imine (C=N–C) groups is 1. The van der Waals surface area contributed by atoms with Gasteiger partial charge in [0.1, 0.15) is 5.75 Å². The minimum atomic E-state index is 0. The number of aryl methyl sites for hydroxylation is 1. The fraction of sp³-hybridized carbons (Fsp3) is 0.667. The molecule has 1 aliphatic rings. The molecule has 1 heterocycles. The van der Waals surface area contributed by atoms with Crippen LogP contribution in [0.5, 0.6) is 5.75 Å². The Morgan fingerprint density at radius 1 is 1.36 bits per heavy atom. The number of hydrogen-bond donors (Lipinski definition) is 2. The number of halogens is 1. The van der Waals surface area contributed by atoms with E-state index >= 15 is 0 Å². The summed E-state index contributed by atoms with van der Waals surface area (Å²) in [6.45, 7) is 12.1. The molecule has 1 atom stereocenters. The van der Waals surface area contributed by atoms with Crippen molar-refractivity contribution in [3.05, 3.63) is 29.3 Å². The molecule has 2 rings (SSSR count). The third kappa shape index (κ3) is 8.53. The van der Waals surface area contributed by atoms with Crippen LogP contribution in [-0.2, 0) is 11.2 Å². The highest BCUT2D eigenvalue weighted by atomic mass is 127. The molecule has 1 saturated heterocycles. The fourth-order valence-electron chi connectivity index (χ4n) is 3.44. The van der Waals surface area contributed by atoms with Crippen LogP contribution in [0.1, 0.15) is 25.0 Å². The minimum absolute atomic E-state index is 0. The van der Waals surface area contributed by atoms with E-state index in [1.54, 1.807) is 14.2 Å². The summed E-state index contributed by atoms with van der Waals surface area (Å²) in [7, 11) is 3.52. The Labute approximate surface area is 187 Å². The van der Waals surface area contributed by atoms with E-state index in [4.69, 9.17) is 9.47 Å². The Balaban J connectivity index is 0.00000392. The van der Waals surface area contributed by atoms with Gasteiger partial charge in [-0.2, -0.15) is 0 Å². The van der Waals surface area contributed by atoms with Crippen LogP contribution in [0.25, 0.3) is 0 Å². The van der Waals surface area contributed by atoms with Crippen molar-refractivity contribution in [1.29, 1.82) is 0 Å². The zero-order valence-electron chi connectivity index (χ0n) is 18.0. The summed E-state index contributed by atoms with van der Waals surface area (Å²) >= 11 is 0. The number of nitrogens with zero attached hydrogens (tertiary/aromatic N) is 2. The van der Waals surface area contributed by atoms with Crippen LogP contribution in [0.4, 0.5) is 0 Å². The lowest BCUT2D eigenvalue weighted by atomic mass is 10.1. The van der Waals surface area contributed by atoms with Crippen molar-refractivity contribution in [3.63, 3.8) is 0 Å². The van der Waals surface area contributed by atoms with E-state index in [1.807, 2.05) is 6.07 Å². The van der Waals surface area contributed by atoms with Crippen LogP contribution in [0.2, 0.25) is 0 Å². The molecule has 1 unspecified atom stereocenters. The molecule has 7 heteroatoms. The van der Waals surface area contributed by atoms with E-state index < -0.39 is 0 Å². The average Bonchev–Trinajstić information content (AvgIpc) is 2.64. The summed E-state index contributed by atoms with van der Waals surface area (Å²) in [6.07, 6.45) is 1.08. The van der Waals surface area contributed by atoms with Crippen LogP contribution >= 0.6 is 24.0 Å². The third-order valence-electron chi connectivity index (χ3n) is 4.69. The second kappa shape index (κ2) is 13.2. The highest BCUT2D eigenvalue weighted by Crippen LogP contribution is 2.19. The Morgan fingerprint density at radius 2 is 2.14 bits per heavy atom. The van der Waals surface area contributed by atoms with Crippen LogP contribution in [-0.4, -0.2) is 70.5 Å². The molecule has 0 spiro atoms. The molecule has 1 aliphatic heterocycles. The molecule has 2 N–H and O–H groups in total. The normalized spacial score (nSPS) is 17.9. The van der Waals surface area contributed by atoms with E-state index in [0.717, 1.165) is 57.5 Å². The van der Waals surface area contributed by atoms with Crippen molar-refractivity contribution < 1.29 is 9.47 Å². The summed E-state index contributed by atoms with van der Waals surface area (Å²) < 4.78 is 11.4. The van der Waals surface area contributed by atoms with Crippen molar-refractivity contribution in [1.82, 2.24) is 15.5 Å². The van der Waals surface area contributed by atoms with Crippen molar-refractivity contribution >= 4 is 29.9 Å². The number of morpholine rings is 1. The Bertz CT molecular complexity index is 610. The first kappa shape index (κ1) is 25.0. The summed E-state index contributed by atoms with van der Waals surface area (Å²) in [5.74, 6) is 2.43. The number of nitrogens with one attached hydrogen (secondary N) is 2. The van der Waals surface area contributed by atoms with Crippen LogP contribution in [0.3, 0.4) is 0 Å². The lowest BCUT2D eigenvalue weighted by Gasteiger charge is -2.34. The van der Waals surface area contributed by atoms with Gasteiger partial charge in [-0.05, 0) is 30.9 Å². The SMILES string of the molecule is CN=C(NCCc1cc(C)ccc1OC)NCC1CN(CC(C)C)CCO1.I. The smallest absolute Gasteiger partial charge is 0.191 e. The number of guanidine groups is 1. The van der Waals surface area contributed by atoms with Gasteiger partial charge in [0.2, 0.25) is 0 Å². The molecular weight excluding hydrogens is 467 g/mol. The molecule has 1 aromatic rings. The van der Waals surface area contributed by atoms with Crippen molar-refractivity contribution in [2.45, 2.75) is 33.3 Å². The van der Waals surface area contributed by atoms with Crippen molar-refractivity contribution in [2.75, 3.05) is 53.5 Å². The van der Waals surface area contributed by atoms with Gasteiger partial charge in [0.15, 0.2) is 5.96 Å². The van der Waals surface area contributed by atoms with Gasteiger partial charge >= 0.3 is 0 Å². The largest absolute Gasteiger partial charge is 0.496 e. The zero-order chi connectivity index (χ0) is 19.6. The highest BCUT2D eigenvalue weighted by molar-refractivity contribution is 14.0. The van der Waals surface area contributed by atoms with E-state index in [0.29, 0.717) is 5.92 Å². The van der Waals surface area contributed by atoms with E-state index in [9.17, 15) is 0 Å². The number of hydrogen-bond acceptors (Lipinski definition) is 4. The summed E-state index contributed by atoms with van der Waals surface area (Å²) in [6, 6.07) is 6.28. The second-order valence-electron chi connectivity index (χ2n) is 7.59. The minimum Gasteiger partial charge on any atom is -0.496 e. The van der Waals surface area contributed by atoms with Gasteiger partial charge in [0.25, 0.3) is 0 Å². The first-order valence-electron chi connectivity index (χ1n) is 9.93. The molecule has 28 heavy (non-hydrogen) atoms. The monoisotopic (exact) mass is 504 g/mol. The molecule has 0 aliphatic carbocycles. The second-order valence-corrected chi connectivity index (χ2v) is 7.59. The zero-order valence-corrected chi connectivity index (χ0v) is 20.3. The Kier molecular flexibility index (Phi) is 11.8. The van der Waals surface area contributed by atoms with Gasteiger partial charge in [0.05, 0.1) is 19.8 Å². The lowest BCUT2D eigenvalue weighted by molar-refractivity contribution is -0.0284. The standard InChI is InChI=1S/C21H36N4O2.HI/c1-16(2)14-25-10-11-27-19(15-25)13-24-21(22-4)23-9-8-18-12-17(3)6-7-20(18)26-5;/h6-7,12,16,19H,8-11,13-15H2,1-5H3,(H2,22,23,24);1H. The predicted octanol–water partition coefficient (Wildman–Crippen LogP) is 2.69. The Morgan fingerprint density at radius 3 is 2.82 bits per heavy atom. The van der Waals surface area contributed by atoms with Gasteiger partial charge in [-0.15, -0.1) is 24.0 Å². The summed E-state index contributed by atoms with van der Waals surface area (Å²) in [5, 5.41) is 6.78. The first-order valence-corrected chi connectivity index (χ1v) is 9.93. The molecule has 0 saturated carbocycles. The van der Waals surface area contributed by atoms with Gasteiger partial charge in [-0.3, -0.25) is 9.89 Å². The topological polar surface area (TPSA) is 58.1 Å². The van der Waals surface area contributed by atoms with Gasteiger partial charge < -0.3 is 20.1 Å². The quantitative estimate of drug-likeness (QED) is 0.324. The van der Waals surface area contributed by atoms with Crippen LogP contribution < -0.4 is 15.4 Å². The molecule has 0 amide bonds. The number of benzene rings is 1. The van der Waals surface area contributed by atoms with Gasteiger partial charge in [-0.1, -0.05) is 31.5 Å². The van der Waals surface area contributed by atoms with Crippen LogP contribution in [0, 0.1) is 12.8 Å².